The van der Waals surface area contributed by atoms with Gasteiger partial charge in [-0.3, -0.25) is 4.79 Å². The van der Waals surface area contributed by atoms with Crippen molar-refractivity contribution in [3.8, 4) is 0 Å². The third kappa shape index (κ3) is 2.61. The molecule has 1 aromatic rings. The first-order chi connectivity index (χ1) is 8.08. The number of carbonyl (C=O) groups is 1. The molecule has 0 amide bonds. The summed E-state index contributed by atoms with van der Waals surface area (Å²) in [4.78, 5) is 19.5. The van der Waals surface area contributed by atoms with Gasteiger partial charge >= 0.3 is 5.97 Å². The molecule has 2 rings (SSSR count). The van der Waals surface area contributed by atoms with Gasteiger partial charge in [-0.15, -0.1) is 0 Å². The van der Waals surface area contributed by atoms with E-state index < -0.39 is 5.97 Å². The molecule has 0 fully saturated rings. The largest absolute Gasteiger partial charge is 0.481 e. The van der Waals surface area contributed by atoms with Crippen molar-refractivity contribution in [2.75, 3.05) is 6.61 Å². The Balaban J connectivity index is 2.38. The number of carboxylic acid groups (broad SMARTS) is 1. The van der Waals surface area contributed by atoms with Crippen molar-refractivity contribution >= 4 is 5.97 Å². The molecule has 1 aliphatic rings. The van der Waals surface area contributed by atoms with Crippen LogP contribution < -0.4 is 0 Å². The van der Waals surface area contributed by atoms with Gasteiger partial charge in [-0.1, -0.05) is 6.92 Å². The van der Waals surface area contributed by atoms with E-state index in [1.54, 1.807) is 0 Å². The van der Waals surface area contributed by atoms with Crippen LogP contribution in [0.2, 0.25) is 0 Å². The minimum Gasteiger partial charge on any atom is -0.481 e. The zero-order valence-electron chi connectivity index (χ0n) is 10.1. The maximum absolute atomic E-state index is 10.8. The predicted octanol–water partition coefficient (Wildman–Crippen LogP) is 1.44. The molecule has 0 saturated heterocycles. The molecule has 5 heteroatoms. The van der Waals surface area contributed by atoms with Crippen LogP contribution in [-0.2, 0) is 22.6 Å². The number of rotatable bonds is 3. The fourth-order valence-corrected chi connectivity index (χ4v) is 2.15. The summed E-state index contributed by atoms with van der Waals surface area (Å²) in [6, 6.07) is 0. The lowest BCUT2D eigenvalue weighted by Gasteiger charge is -2.21. The van der Waals surface area contributed by atoms with Gasteiger partial charge in [0.1, 0.15) is 5.82 Å². The SMILES string of the molecule is Cc1nc2c(c(C(C)CC(=O)O)n1)COCC2. The zero-order valence-corrected chi connectivity index (χ0v) is 10.1. The molecular weight excluding hydrogens is 220 g/mol. The second-order valence-electron chi connectivity index (χ2n) is 4.38. The molecule has 0 aliphatic carbocycles. The van der Waals surface area contributed by atoms with Crippen molar-refractivity contribution in [1.29, 1.82) is 0 Å². The van der Waals surface area contributed by atoms with Crippen LogP contribution in [0, 0.1) is 6.92 Å². The Labute approximate surface area is 99.9 Å². The lowest BCUT2D eigenvalue weighted by atomic mass is 9.96. The summed E-state index contributed by atoms with van der Waals surface area (Å²) < 4.78 is 5.40. The molecule has 0 saturated carbocycles. The topological polar surface area (TPSA) is 72.3 Å². The first-order valence-electron chi connectivity index (χ1n) is 5.73. The highest BCUT2D eigenvalue weighted by atomic mass is 16.5. The molecule has 1 aliphatic heterocycles. The Hall–Kier alpha value is -1.49. The van der Waals surface area contributed by atoms with Gasteiger partial charge < -0.3 is 9.84 Å². The highest BCUT2D eigenvalue weighted by Crippen LogP contribution is 2.26. The van der Waals surface area contributed by atoms with Gasteiger partial charge in [-0.25, -0.2) is 9.97 Å². The number of carboxylic acids is 1. The first-order valence-corrected chi connectivity index (χ1v) is 5.73. The minimum absolute atomic E-state index is 0.0862. The predicted molar refractivity (Wildman–Crippen MR) is 60.8 cm³/mol. The van der Waals surface area contributed by atoms with Crippen molar-refractivity contribution < 1.29 is 14.6 Å². The van der Waals surface area contributed by atoms with Crippen molar-refractivity contribution in [3.63, 3.8) is 0 Å². The zero-order chi connectivity index (χ0) is 12.4. The van der Waals surface area contributed by atoms with Gasteiger partial charge in [-0.05, 0) is 6.92 Å². The number of ether oxygens (including phenoxy) is 1. The lowest BCUT2D eigenvalue weighted by Crippen LogP contribution is -2.19. The van der Waals surface area contributed by atoms with E-state index >= 15 is 0 Å². The highest BCUT2D eigenvalue weighted by molar-refractivity contribution is 5.67. The van der Waals surface area contributed by atoms with E-state index in [0.29, 0.717) is 19.0 Å². The summed E-state index contributed by atoms with van der Waals surface area (Å²) in [7, 11) is 0. The molecule has 0 aromatic carbocycles. The van der Waals surface area contributed by atoms with Crippen LogP contribution in [0.3, 0.4) is 0 Å². The summed E-state index contributed by atoms with van der Waals surface area (Å²) in [5, 5.41) is 8.84. The van der Waals surface area contributed by atoms with Crippen molar-refractivity contribution in [2.24, 2.45) is 0 Å². The highest BCUT2D eigenvalue weighted by Gasteiger charge is 2.22. The Kier molecular flexibility index (Phi) is 3.38. The molecule has 1 N–H and O–H groups in total. The second kappa shape index (κ2) is 4.79. The summed E-state index contributed by atoms with van der Waals surface area (Å²) in [5.74, 6) is -0.207. The van der Waals surface area contributed by atoms with Gasteiger partial charge in [0.25, 0.3) is 0 Å². The molecule has 1 aromatic heterocycles. The average Bonchev–Trinajstić information content (AvgIpc) is 2.26. The second-order valence-corrected chi connectivity index (χ2v) is 4.38. The molecule has 0 spiro atoms. The van der Waals surface area contributed by atoms with E-state index in [1.165, 1.54) is 0 Å². The van der Waals surface area contributed by atoms with E-state index in [1.807, 2.05) is 13.8 Å². The number of fused-ring (bicyclic) bond motifs is 1. The third-order valence-corrected chi connectivity index (χ3v) is 2.91. The number of hydrogen-bond donors (Lipinski definition) is 1. The molecule has 2 heterocycles. The number of nitrogens with zero attached hydrogens (tertiary/aromatic N) is 2. The fourth-order valence-electron chi connectivity index (χ4n) is 2.15. The molecule has 92 valence electrons. The van der Waals surface area contributed by atoms with Crippen molar-refractivity contribution in [3.05, 3.63) is 22.8 Å². The molecular formula is C12H16N2O3. The summed E-state index contributed by atoms with van der Waals surface area (Å²) in [6.45, 7) is 4.89. The molecule has 1 atom stereocenters. The van der Waals surface area contributed by atoms with E-state index in [9.17, 15) is 4.79 Å². The van der Waals surface area contributed by atoms with Gasteiger partial charge in [0, 0.05) is 17.9 Å². The Morgan fingerprint density at radius 3 is 3.00 bits per heavy atom. The Morgan fingerprint density at radius 2 is 2.29 bits per heavy atom. The number of hydrogen-bond acceptors (Lipinski definition) is 4. The van der Waals surface area contributed by atoms with Crippen LogP contribution in [0.15, 0.2) is 0 Å². The van der Waals surface area contributed by atoms with Gasteiger partial charge in [-0.2, -0.15) is 0 Å². The van der Waals surface area contributed by atoms with Crippen LogP contribution in [0.4, 0.5) is 0 Å². The molecule has 1 unspecified atom stereocenters. The van der Waals surface area contributed by atoms with Crippen LogP contribution in [0.25, 0.3) is 0 Å². The van der Waals surface area contributed by atoms with Gasteiger partial charge in [0.05, 0.1) is 31.0 Å². The first kappa shape index (κ1) is 12.0. The Morgan fingerprint density at radius 1 is 1.53 bits per heavy atom. The smallest absolute Gasteiger partial charge is 0.304 e. The summed E-state index contributed by atoms with van der Waals surface area (Å²) in [5.41, 5.74) is 2.82. The molecule has 0 radical (unpaired) electrons. The van der Waals surface area contributed by atoms with Crippen LogP contribution in [0.1, 0.15) is 42.0 Å². The monoisotopic (exact) mass is 236 g/mol. The van der Waals surface area contributed by atoms with Gasteiger partial charge in [0.15, 0.2) is 0 Å². The number of aromatic nitrogens is 2. The molecule has 5 nitrogen and oxygen atoms in total. The number of aryl methyl sites for hydroxylation is 1. The van der Waals surface area contributed by atoms with Crippen LogP contribution in [-0.4, -0.2) is 27.7 Å². The normalized spacial score (nSPS) is 16.4. The quantitative estimate of drug-likeness (QED) is 0.859. The van der Waals surface area contributed by atoms with Crippen LogP contribution in [0.5, 0.6) is 0 Å². The van der Waals surface area contributed by atoms with E-state index in [4.69, 9.17) is 9.84 Å². The fraction of sp³-hybridized carbons (Fsp3) is 0.583. The summed E-state index contributed by atoms with van der Waals surface area (Å²) in [6.07, 6.45) is 0.869. The van der Waals surface area contributed by atoms with Crippen molar-refractivity contribution in [1.82, 2.24) is 9.97 Å². The van der Waals surface area contributed by atoms with Crippen LogP contribution >= 0.6 is 0 Å². The maximum atomic E-state index is 10.8. The van der Waals surface area contributed by atoms with Gasteiger partial charge in [0.2, 0.25) is 0 Å². The summed E-state index contributed by atoms with van der Waals surface area (Å²) >= 11 is 0. The third-order valence-electron chi connectivity index (χ3n) is 2.91. The number of aliphatic carboxylic acids is 1. The molecule has 0 bridgehead atoms. The minimum atomic E-state index is -0.806. The Bertz CT molecular complexity index is 446. The van der Waals surface area contributed by atoms with E-state index in [0.717, 1.165) is 23.4 Å². The van der Waals surface area contributed by atoms with E-state index in [2.05, 4.69) is 9.97 Å². The molecule has 17 heavy (non-hydrogen) atoms. The maximum Gasteiger partial charge on any atom is 0.304 e. The van der Waals surface area contributed by atoms with Crippen molar-refractivity contribution in [2.45, 2.75) is 39.2 Å². The average molecular weight is 236 g/mol. The van der Waals surface area contributed by atoms with E-state index in [-0.39, 0.29) is 12.3 Å². The lowest BCUT2D eigenvalue weighted by molar-refractivity contribution is -0.137. The standard InChI is InChI=1S/C12H16N2O3/c1-7(5-11(15)16)12-9-6-17-4-3-10(9)13-8(2)14-12/h7H,3-6H2,1-2H3,(H,15,16).